The minimum Gasteiger partial charge on any atom is -0.444 e. The average molecular weight is 560 g/mol. The third-order valence-corrected chi connectivity index (χ3v) is 5.04. The highest BCUT2D eigenvalue weighted by atomic mass is 127. The number of hydrogen-bond acceptors (Lipinski definition) is 4. The molecule has 0 atom stereocenters. The van der Waals surface area contributed by atoms with Gasteiger partial charge in [0.2, 0.25) is 5.89 Å². The van der Waals surface area contributed by atoms with Crippen molar-refractivity contribution >= 4 is 63.9 Å². The summed E-state index contributed by atoms with van der Waals surface area (Å²) in [4.78, 5) is 10.2. The number of guanidine groups is 1. The van der Waals surface area contributed by atoms with E-state index < -0.39 is 0 Å². The summed E-state index contributed by atoms with van der Waals surface area (Å²) in [6.45, 7) is 8.04. The molecule has 0 saturated heterocycles. The molecular formula is C15H22I2N4OS. The predicted octanol–water partition coefficient (Wildman–Crippen LogP) is 3.87. The van der Waals surface area contributed by atoms with Crippen LogP contribution in [0.3, 0.4) is 0 Å². The number of halogens is 2. The summed E-state index contributed by atoms with van der Waals surface area (Å²) in [6, 6.07) is 4.32. The molecule has 0 aliphatic heterocycles. The number of aliphatic imine (C=N–C) groups is 1. The molecule has 0 aromatic carbocycles. The Bertz CT molecular complexity index is 620. The van der Waals surface area contributed by atoms with E-state index in [1.54, 1.807) is 0 Å². The molecule has 128 valence electrons. The van der Waals surface area contributed by atoms with Crippen molar-refractivity contribution in [3.63, 3.8) is 0 Å². The van der Waals surface area contributed by atoms with E-state index in [0.717, 1.165) is 36.9 Å². The molecule has 0 fully saturated rings. The van der Waals surface area contributed by atoms with E-state index in [-0.39, 0.29) is 24.0 Å². The fourth-order valence-corrected chi connectivity index (χ4v) is 3.64. The zero-order valence-corrected chi connectivity index (χ0v) is 18.8. The zero-order valence-electron chi connectivity index (χ0n) is 13.5. The Morgan fingerprint density at radius 2 is 2.13 bits per heavy atom. The molecule has 0 spiro atoms. The van der Waals surface area contributed by atoms with Crippen LogP contribution in [0.1, 0.15) is 29.1 Å². The smallest absolute Gasteiger partial charge is 0.216 e. The summed E-state index contributed by atoms with van der Waals surface area (Å²) >= 11 is 4.18. The quantitative estimate of drug-likeness (QED) is 0.320. The maximum Gasteiger partial charge on any atom is 0.216 e. The Labute approximate surface area is 171 Å². The summed E-state index contributed by atoms with van der Waals surface area (Å²) in [7, 11) is 0. The second-order valence-corrected chi connectivity index (χ2v) is 7.89. The van der Waals surface area contributed by atoms with Crippen LogP contribution in [0.2, 0.25) is 0 Å². The Morgan fingerprint density at radius 3 is 2.70 bits per heavy atom. The van der Waals surface area contributed by atoms with Gasteiger partial charge in [-0.1, -0.05) is 0 Å². The van der Waals surface area contributed by atoms with Gasteiger partial charge in [0, 0.05) is 18.0 Å². The third kappa shape index (κ3) is 6.96. The zero-order chi connectivity index (χ0) is 15.9. The fourth-order valence-electron chi connectivity index (χ4n) is 1.89. The topological polar surface area (TPSA) is 62.5 Å². The van der Waals surface area contributed by atoms with Crippen molar-refractivity contribution < 1.29 is 4.42 Å². The van der Waals surface area contributed by atoms with E-state index >= 15 is 0 Å². The number of thiophene rings is 1. The lowest BCUT2D eigenvalue weighted by atomic mass is 10.3. The van der Waals surface area contributed by atoms with Crippen LogP contribution in [0.25, 0.3) is 0 Å². The lowest BCUT2D eigenvalue weighted by molar-refractivity contribution is 0.473. The molecule has 2 rings (SSSR count). The molecule has 0 unspecified atom stereocenters. The van der Waals surface area contributed by atoms with Crippen molar-refractivity contribution in [3.05, 3.63) is 37.2 Å². The van der Waals surface area contributed by atoms with Crippen LogP contribution in [-0.2, 0) is 13.0 Å². The Hall–Kier alpha value is -0.360. The van der Waals surface area contributed by atoms with Crippen LogP contribution in [-0.4, -0.2) is 24.0 Å². The van der Waals surface area contributed by atoms with Gasteiger partial charge in [0.05, 0.1) is 8.58 Å². The Kier molecular flexibility index (Phi) is 9.44. The van der Waals surface area contributed by atoms with Gasteiger partial charge in [-0.3, -0.25) is 0 Å². The lowest BCUT2D eigenvalue weighted by Crippen LogP contribution is -2.38. The van der Waals surface area contributed by atoms with Crippen LogP contribution in [0.4, 0.5) is 0 Å². The Morgan fingerprint density at radius 1 is 1.35 bits per heavy atom. The number of aromatic nitrogens is 1. The maximum atomic E-state index is 5.55. The molecule has 2 aromatic rings. The molecule has 2 N–H and O–H groups in total. The van der Waals surface area contributed by atoms with Crippen molar-refractivity contribution in [2.45, 2.75) is 33.7 Å². The maximum absolute atomic E-state index is 5.55. The largest absolute Gasteiger partial charge is 0.444 e. The van der Waals surface area contributed by atoms with Gasteiger partial charge in [0.25, 0.3) is 0 Å². The number of oxazole rings is 1. The van der Waals surface area contributed by atoms with Gasteiger partial charge >= 0.3 is 0 Å². The van der Waals surface area contributed by atoms with E-state index in [9.17, 15) is 0 Å². The molecule has 2 heterocycles. The highest BCUT2D eigenvalue weighted by Gasteiger charge is 2.05. The molecule has 23 heavy (non-hydrogen) atoms. The molecule has 0 radical (unpaired) electrons. The van der Waals surface area contributed by atoms with Gasteiger partial charge in [0.15, 0.2) is 5.96 Å². The first-order chi connectivity index (χ1) is 10.6. The second-order valence-electron chi connectivity index (χ2n) is 4.83. The molecule has 0 saturated carbocycles. The molecule has 2 aromatic heterocycles. The van der Waals surface area contributed by atoms with Gasteiger partial charge < -0.3 is 15.1 Å². The molecule has 0 aliphatic rings. The first-order valence-electron chi connectivity index (χ1n) is 7.27. The monoisotopic (exact) mass is 560 g/mol. The molecule has 8 heteroatoms. The highest BCUT2D eigenvalue weighted by Crippen LogP contribution is 2.18. The molecule has 5 nitrogen and oxygen atoms in total. The van der Waals surface area contributed by atoms with Crippen LogP contribution in [0.5, 0.6) is 0 Å². The Balaban J connectivity index is 0.00000264. The summed E-state index contributed by atoms with van der Waals surface area (Å²) in [5.74, 6) is 2.30. The number of rotatable bonds is 6. The number of hydrogen-bond donors (Lipinski definition) is 2. The normalized spacial score (nSPS) is 11.2. The first kappa shape index (κ1) is 20.7. The number of aryl methyl sites for hydroxylation is 2. The van der Waals surface area contributed by atoms with Gasteiger partial charge in [-0.15, -0.1) is 35.3 Å². The summed E-state index contributed by atoms with van der Waals surface area (Å²) in [5.41, 5.74) is 0.926. The van der Waals surface area contributed by atoms with Gasteiger partial charge in [0.1, 0.15) is 12.3 Å². The standard InChI is InChI=1S/C15H21IN4OS.HI/c1-4-17-15(18-8-7-12-5-6-13(16)22-12)19-9-14-20-10(2)11(3)21-14;/h5-6H,4,7-9H2,1-3H3,(H2,17,18,19);1H. The number of nitrogens with one attached hydrogen (secondary N) is 2. The van der Waals surface area contributed by atoms with E-state index in [4.69, 9.17) is 4.42 Å². The third-order valence-electron chi connectivity index (χ3n) is 3.08. The van der Waals surface area contributed by atoms with E-state index in [1.165, 1.54) is 7.76 Å². The van der Waals surface area contributed by atoms with E-state index in [2.05, 4.69) is 62.3 Å². The van der Waals surface area contributed by atoms with E-state index in [0.29, 0.717) is 12.4 Å². The van der Waals surface area contributed by atoms with E-state index in [1.807, 2.05) is 25.2 Å². The predicted molar refractivity (Wildman–Crippen MR) is 115 cm³/mol. The van der Waals surface area contributed by atoms with Crippen molar-refractivity contribution in [1.29, 1.82) is 0 Å². The van der Waals surface area contributed by atoms with Crippen molar-refractivity contribution in [2.24, 2.45) is 4.99 Å². The number of nitrogens with zero attached hydrogens (tertiary/aromatic N) is 2. The average Bonchev–Trinajstić information content (AvgIpc) is 3.03. The minimum absolute atomic E-state index is 0. The van der Waals surface area contributed by atoms with Crippen molar-refractivity contribution in [1.82, 2.24) is 15.6 Å². The summed E-state index contributed by atoms with van der Waals surface area (Å²) in [6.07, 6.45) is 0.995. The summed E-state index contributed by atoms with van der Waals surface area (Å²) in [5, 5.41) is 6.58. The van der Waals surface area contributed by atoms with Crippen molar-refractivity contribution in [3.8, 4) is 0 Å². The molecule has 0 aliphatic carbocycles. The van der Waals surface area contributed by atoms with Crippen LogP contribution < -0.4 is 10.6 Å². The highest BCUT2D eigenvalue weighted by molar-refractivity contribution is 14.1. The summed E-state index contributed by atoms with van der Waals surface area (Å²) < 4.78 is 6.87. The molecule has 0 bridgehead atoms. The lowest BCUT2D eigenvalue weighted by Gasteiger charge is -2.10. The second kappa shape index (κ2) is 10.5. The van der Waals surface area contributed by atoms with Crippen molar-refractivity contribution in [2.75, 3.05) is 13.1 Å². The van der Waals surface area contributed by atoms with Crippen LogP contribution >= 0.6 is 57.9 Å². The SMILES string of the molecule is CCNC(=NCc1nc(C)c(C)o1)NCCc1ccc(I)s1.I. The van der Waals surface area contributed by atoms with Crippen LogP contribution in [0.15, 0.2) is 21.5 Å². The van der Waals surface area contributed by atoms with Gasteiger partial charge in [-0.05, 0) is 61.9 Å². The van der Waals surface area contributed by atoms with Gasteiger partial charge in [-0.25, -0.2) is 9.98 Å². The van der Waals surface area contributed by atoms with Crippen LogP contribution in [0, 0.1) is 16.7 Å². The van der Waals surface area contributed by atoms with Gasteiger partial charge in [-0.2, -0.15) is 0 Å². The fraction of sp³-hybridized carbons (Fsp3) is 0.467. The minimum atomic E-state index is 0. The first-order valence-corrected chi connectivity index (χ1v) is 9.17. The molecular weight excluding hydrogens is 538 g/mol. The molecule has 0 amide bonds.